The molecule has 1 fully saturated rings. The van der Waals surface area contributed by atoms with Gasteiger partial charge in [-0.1, -0.05) is 19.3 Å². The van der Waals surface area contributed by atoms with Crippen molar-refractivity contribution < 1.29 is 4.79 Å². The summed E-state index contributed by atoms with van der Waals surface area (Å²) in [5.41, 5.74) is 0. The van der Waals surface area contributed by atoms with Crippen molar-refractivity contribution in [2.24, 2.45) is 5.92 Å². The summed E-state index contributed by atoms with van der Waals surface area (Å²) < 4.78 is 1.01. The Morgan fingerprint density at radius 3 is 2.71 bits per heavy atom. The monoisotopic (exact) mass is 315 g/mol. The third kappa shape index (κ3) is 3.55. The van der Waals surface area contributed by atoms with Gasteiger partial charge in [0.05, 0.1) is 8.66 Å². The number of halogens is 1. The van der Waals surface area contributed by atoms with Gasteiger partial charge in [-0.2, -0.15) is 0 Å². The van der Waals surface area contributed by atoms with Crippen LogP contribution >= 0.6 is 27.3 Å². The van der Waals surface area contributed by atoms with Gasteiger partial charge in [-0.15, -0.1) is 11.3 Å². The predicted molar refractivity (Wildman–Crippen MR) is 75.5 cm³/mol. The Morgan fingerprint density at radius 1 is 1.41 bits per heavy atom. The van der Waals surface area contributed by atoms with E-state index in [9.17, 15) is 4.79 Å². The lowest BCUT2D eigenvalue weighted by atomic mass is 9.84. The van der Waals surface area contributed by atoms with Crippen LogP contribution in [0.15, 0.2) is 15.9 Å². The molecule has 0 bridgehead atoms. The molecule has 0 aliphatic heterocycles. The van der Waals surface area contributed by atoms with E-state index in [-0.39, 0.29) is 5.91 Å². The largest absolute Gasteiger partial charge is 0.349 e. The molecule has 1 N–H and O–H groups in total. The zero-order chi connectivity index (χ0) is 12.3. The number of hydrogen-bond donors (Lipinski definition) is 1. The van der Waals surface area contributed by atoms with Gasteiger partial charge in [0.2, 0.25) is 0 Å². The number of rotatable bonds is 3. The van der Waals surface area contributed by atoms with Gasteiger partial charge in [0.25, 0.3) is 5.91 Å². The van der Waals surface area contributed by atoms with Gasteiger partial charge >= 0.3 is 0 Å². The second kappa shape index (κ2) is 6.01. The van der Waals surface area contributed by atoms with Crippen molar-refractivity contribution in [3.05, 3.63) is 20.8 Å². The third-order valence-electron chi connectivity index (χ3n) is 3.51. The fourth-order valence-corrected chi connectivity index (χ4v) is 3.76. The van der Waals surface area contributed by atoms with Gasteiger partial charge in [-0.25, -0.2) is 0 Å². The highest BCUT2D eigenvalue weighted by molar-refractivity contribution is 9.11. The molecular weight excluding hydrogens is 298 g/mol. The molecule has 1 atom stereocenters. The lowest BCUT2D eigenvalue weighted by molar-refractivity contribution is 0.0923. The van der Waals surface area contributed by atoms with Crippen molar-refractivity contribution in [1.82, 2.24) is 5.32 Å². The van der Waals surface area contributed by atoms with E-state index in [2.05, 4.69) is 28.2 Å². The number of carbonyl (C=O) groups excluding carboxylic acids is 1. The van der Waals surface area contributed by atoms with E-state index < -0.39 is 0 Å². The SMILES string of the molecule is CC(NC(=O)c1ccc(Br)s1)C1CCCCC1. The summed E-state index contributed by atoms with van der Waals surface area (Å²) in [5, 5.41) is 3.13. The van der Waals surface area contributed by atoms with Crippen molar-refractivity contribution in [2.45, 2.75) is 45.1 Å². The maximum Gasteiger partial charge on any atom is 0.261 e. The fourth-order valence-electron chi connectivity index (χ4n) is 2.47. The molecule has 1 aliphatic carbocycles. The van der Waals surface area contributed by atoms with Crippen molar-refractivity contribution in [3.63, 3.8) is 0 Å². The molecule has 1 saturated carbocycles. The van der Waals surface area contributed by atoms with Crippen molar-refractivity contribution in [2.75, 3.05) is 0 Å². The lowest BCUT2D eigenvalue weighted by Crippen LogP contribution is -2.38. The average Bonchev–Trinajstić information content (AvgIpc) is 2.77. The fraction of sp³-hybridized carbons (Fsp3) is 0.615. The van der Waals surface area contributed by atoms with Crippen LogP contribution in [0.3, 0.4) is 0 Å². The molecule has 0 radical (unpaired) electrons. The number of thiophene rings is 1. The molecule has 2 rings (SSSR count). The minimum absolute atomic E-state index is 0.0683. The normalized spacial score (nSPS) is 18.9. The molecule has 0 aromatic carbocycles. The maximum absolute atomic E-state index is 12.0. The Balaban J connectivity index is 1.89. The molecule has 1 aromatic heterocycles. The molecule has 0 saturated heterocycles. The summed E-state index contributed by atoms with van der Waals surface area (Å²) >= 11 is 4.87. The van der Waals surface area contributed by atoms with Gasteiger partial charge < -0.3 is 5.32 Å². The second-order valence-corrected chi connectivity index (χ2v) is 7.23. The van der Waals surface area contributed by atoms with E-state index >= 15 is 0 Å². The van der Waals surface area contributed by atoms with E-state index in [4.69, 9.17) is 0 Å². The van der Waals surface area contributed by atoms with E-state index in [0.717, 1.165) is 8.66 Å². The number of amides is 1. The van der Waals surface area contributed by atoms with Gasteiger partial charge in [0, 0.05) is 6.04 Å². The molecule has 1 heterocycles. The van der Waals surface area contributed by atoms with Crippen molar-refractivity contribution in [3.8, 4) is 0 Å². The molecule has 17 heavy (non-hydrogen) atoms. The Labute approximate surface area is 115 Å². The summed E-state index contributed by atoms with van der Waals surface area (Å²) in [5.74, 6) is 0.731. The zero-order valence-corrected chi connectivity index (χ0v) is 12.4. The molecule has 1 aliphatic rings. The van der Waals surface area contributed by atoms with Gasteiger partial charge in [0.15, 0.2) is 0 Å². The van der Waals surface area contributed by atoms with Crippen LogP contribution in [0, 0.1) is 5.92 Å². The van der Waals surface area contributed by atoms with Crippen LogP contribution in [-0.4, -0.2) is 11.9 Å². The van der Waals surface area contributed by atoms with Crippen LogP contribution < -0.4 is 5.32 Å². The Hall–Kier alpha value is -0.350. The van der Waals surface area contributed by atoms with E-state index in [1.54, 1.807) is 0 Å². The standard InChI is InChI=1S/C13H18BrNOS/c1-9(10-5-3-2-4-6-10)15-13(16)11-7-8-12(14)17-11/h7-10H,2-6H2,1H3,(H,15,16). The molecular formula is C13H18BrNOS. The molecule has 2 nitrogen and oxygen atoms in total. The van der Waals surface area contributed by atoms with Crippen molar-refractivity contribution >= 4 is 33.2 Å². The van der Waals surface area contributed by atoms with Crippen LogP contribution in [-0.2, 0) is 0 Å². The molecule has 1 aromatic rings. The van der Waals surface area contributed by atoms with E-state index in [1.165, 1.54) is 43.4 Å². The smallest absolute Gasteiger partial charge is 0.261 e. The van der Waals surface area contributed by atoms with Crippen LogP contribution in [0.4, 0.5) is 0 Å². The average molecular weight is 316 g/mol. The van der Waals surface area contributed by atoms with E-state index in [1.807, 2.05) is 12.1 Å². The van der Waals surface area contributed by atoms with Crippen LogP contribution in [0.1, 0.15) is 48.7 Å². The predicted octanol–water partition coefficient (Wildman–Crippen LogP) is 4.21. The first kappa shape index (κ1) is 13.1. The number of carbonyl (C=O) groups is 1. The quantitative estimate of drug-likeness (QED) is 0.889. The maximum atomic E-state index is 12.0. The lowest BCUT2D eigenvalue weighted by Gasteiger charge is -2.28. The van der Waals surface area contributed by atoms with Crippen LogP contribution in [0.25, 0.3) is 0 Å². The summed E-state index contributed by atoms with van der Waals surface area (Å²) in [6, 6.07) is 4.09. The zero-order valence-electron chi connectivity index (χ0n) is 10.0. The van der Waals surface area contributed by atoms with Gasteiger partial charge in [0.1, 0.15) is 0 Å². The summed E-state index contributed by atoms with van der Waals surface area (Å²) in [6.07, 6.45) is 6.51. The summed E-state index contributed by atoms with van der Waals surface area (Å²) in [6.45, 7) is 2.14. The Bertz CT molecular complexity index is 385. The van der Waals surface area contributed by atoms with Crippen LogP contribution in [0.2, 0.25) is 0 Å². The third-order valence-corrected chi connectivity index (χ3v) is 5.14. The molecule has 94 valence electrons. The van der Waals surface area contributed by atoms with Crippen LogP contribution in [0.5, 0.6) is 0 Å². The first-order valence-corrected chi connectivity index (χ1v) is 7.84. The molecule has 1 amide bonds. The van der Waals surface area contributed by atoms with Gasteiger partial charge in [-0.3, -0.25) is 4.79 Å². The summed E-state index contributed by atoms with van der Waals surface area (Å²) in [7, 11) is 0. The van der Waals surface area contributed by atoms with E-state index in [0.29, 0.717) is 12.0 Å². The minimum atomic E-state index is 0.0683. The summed E-state index contributed by atoms with van der Waals surface area (Å²) in [4.78, 5) is 12.8. The van der Waals surface area contributed by atoms with Crippen molar-refractivity contribution in [1.29, 1.82) is 0 Å². The molecule has 4 heteroatoms. The minimum Gasteiger partial charge on any atom is -0.349 e. The first-order chi connectivity index (χ1) is 8.16. The second-order valence-electron chi connectivity index (χ2n) is 4.76. The molecule has 1 unspecified atom stereocenters. The number of nitrogens with one attached hydrogen (secondary N) is 1. The highest BCUT2D eigenvalue weighted by Gasteiger charge is 2.22. The van der Waals surface area contributed by atoms with Gasteiger partial charge in [-0.05, 0) is 53.7 Å². The number of hydrogen-bond acceptors (Lipinski definition) is 2. The Kier molecular flexibility index (Phi) is 4.62. The highest BCUT2D eigenvalue weighted by Crippen LogP contribution is 2.27. The highest BCUT2D eigenvalue weighted by atomic mass is 79.9. The topological polar surface area (TPSA) is 29.1 Å². The molecule has 0 spiro atoms. The Morgan fingerprint density at radius 2 is 2.12 bits per heavy atom. The first-order valence-electron chi connectivity index (χ1n) is 6.23.